The number of benzene rings is 1. The molecule has 0 spiro atoms. The van der Waals surface area contributed by atoms with Crippen molar-refractivity contribution in [2.24, 2.45) is 0 Å². The van der Waals surface area contributed by atoms with Crippen molar-refractivity contribution in [1.82, 2.24) is 9.88 Å². The quantitative estimate of drug-likeness (QED) is 0.391. The van der Waals surface area contributed by atoms with Crippen molar-refractivity contribution < 1.29 is 34.7 Å². The number of aromatic amines is 1. The van der Waals surface area contributed by atoms with E-state index in [1.54, 1.807) is 0 Å². The fourth-order valence-corrected chi connectivity index (χ4v) is 3.07. The summed E-state index contributed by atoms with van der Waals surface area (Å²) in [6.07, 6.45) is 0.784. The first-order valence-corrected chi connectivity index (χ1v) is 6.69. The molecule has 1 atom stereocenters. The maximum Gasteiger partial charge on any atom is 1.00 e. The molecule has 3 rings (SSSR count). The van der Waals surface area contributed by atoms with Gasteiger partial charge in [0.2, 0.25) is 0 Å². The van der Waals surface area contributed by atoms with E-state index in [0.29, 0.717) is 10.9 Å². The van der Waals surface area contributed by atoms with E-state index in [0.717, 1.165) is 17.6 Å². The van der Waals surface area contributed by atoms with E-state index in [9.17, 15) is 5.11 Å². The van der Waals surface area contributed by atoms with Crippen LogP contribution in [0.4, 0.5) is 0 Å². The van der Waals surface area contributed by atoms with Crippen LogP contribution in [0.3, 0.4) is 0 Å². The molecule has 3 nitrogen and oxygen atoms in total. The number of nitrogens with zero attached hydrogens (tertiary/aromatic N) is 1. The summed E-state index contributed by atoms with van der Waals surface area (Å²) in [5, 5.41) is 10.7. The zero-order valence-corrected chi connectivity index (χ0v) is 14.4. The Morgan fingerprint density at radius 2 is 2.21 bits per heavy atom. The summed E-state index contributed by atoms with van der Waals surface area (Å²) in [5.74, 6) is 0. The van der Waals surface area contributed by atoms with Crippen LogP contribution < -0.4 is 29.6 Å². The van der Waals surface area contributed by atoms with Gasteiger partial charge in [-0.2, -0.15) is 0 Å². The fourth-order valence-electron chi connectivity index (χ4n) is 2.65. The van der Waals surface area contributed by atoms with Gasteiger partial charge in [0.25, 0.3) is 0 Å². The first-order valence-electron chi connectivity index (χ1n) is 5.87. The molecule has 0 saturated heterocycles. The Hall–Kier alpha value is -0.170. The van der Waals surface area contributed by atoms with Crippen LogP contribution in [0.25, 0.3) is 10.9 Å². The summed E-state index contributed by atoms with van der Waals surface area (Å²) in [5.41, 5.74) is 3.58. The molecule has 6 heteroatoms. The van der Waals surface area contributed by atoms with E-state index in [-0.39, 0.29) is 42.2 Å². The molecule has 2 N–H and O–H groups in total. The van der Waals surface area contributed by atoms with E-state index in [1.807, 2.05) is 17.0 Å². The molecule has 0 amide bonds. The fraction of sp³-hybridized carbons (Fsp3) is 0.308. The van der Waals surface area contributed by atoms with Crippen LogP contribution in [0.2, 0.25) is 0 Å². The van der Waals surface area contributed by atoms with Gasteiger partial charge in [0.1, 0.15) is 0 Å². The summed E-state index contributed by atoms with van der Waals surface area (Å²) in [6, 6.07) is 8.23. The van der Waals surface area contributed by atoms with E-state index in [2.05, 4.69) is 17.1 Å². The van der Waals surface area contributed by atoms with Crippen LogP contribution in [-0.4, -0.2) is 32.0 Å². The molecule has 2 aromatic rings. The number of hydrogen-bond donors (Lipinski definition) is 2. The molecule has 0 saturated carbocycles. The Morgan fingerprint density at radius 3 is 2.89 bits per heavy atom. The van der Waals surface area contributed by atoms with E-state index in [4.69, 9.17) is 24.8 Å². The number of aliphatic hydroxyl groups excluding tert-OH is 1. The summed E-state index contributed by atoms with van der Waals surface area (Å²) < 4.78 is 0.429. The molecule has 1 aromatic carbocycles. The Bertz CT molecular complexity index is 614. The summed E-state index contributed by atoms with van der Waals surface area (Å²) in [4.78, 5) is 5.34. The molecule has 0 bridgehead atoms. The summed E-state index contributed by atoms with van der Waals surface area (Å²) in [7, 11) is 0. The van der Waals surface area contributed by atoms with Gasteiger partial charge in [-0.05, 0) is 18.1 Å². The van der Waals surface area contributed by atoms with Gasteiger partial charge in [0.05, 0.1) is 19.2 Å². The smallest absolute Gasteiger partial charge is 0.411 e. The minimum Gasteiger partial charge on any atom is -0.411 e. The third-order valence-electron chi connectivity index (χ3n) is 3.56. The Labute approximate surface area is 145 Å². The van der Waals surface area contributed by atoms with Crippen LogP contribution in [0.1, 0.15) is 11.3 Å². The van der Waals surface area contributed by atoms with Crippen molar-refractivity contribution in [3.05, 3.63) is 35.5 Å². The third kappa shape index (κ3) is 2.68. The molecule has 1 aliphatic rings. The van der Waals surface area contributed by atoms with Gasteiger partial charge in [-0.15, -0.1) is 0 Å². The normalized spacial score (nSPS) is 17.9. The van der Waals surface area contributed by atoms with Gasteiger partial charge in [0, 0.05) is 16.6 Å². The molecule has 94 valence electrons. The van der Waals surface area contributed by atoms with Gasteiger partial charge in [-0.25, -0.2) is 0 Å². The summed E-state index contributed by atoms with van der Waals surface area (Å²) in [6.45, 7) is 0.743. The van der Waals surface area contributed by atoms with Crippen molar-refractivity contribution in [1.29, 1.82) is 0 Å². The number of rotatable bonds is 1. The van der Waals surface area contributed by atoms with Crippen molar-refractivity contribution in [3.63, 3.8) is 0 Å². The van der Waals surface area contributed by atoms with E-state index in [1.165, 1.54) is 10.9 Å². The minimum absolute atomic E-state index is 0. The maximum atomic E-state index is 9.49. The molecular formula is C13H13N2NaOS2. The zero-order chi connectivity index (χ0) is 12.7. The van der Waals surface area contributed by atoms with Crippen LogP contribution >= 0.6 is 12.2 Å². The average molecular weight is 300 g/mol. The zero-order valence-electron chi connectivity index (χ0n) is 10.7. The van der Waals surface area contributed by atoms with Gasteiger partial charge in [-0.3, -0.25) is 0 Å². The first-order chi connectivity index (χ1) is 8.70. The molecule has 1 aromatic heterocycles. The average Bonchev–Trinajstić information content (AvgIpc) is 2.74. The number of aromatic nitrogens is 1. The molecule has 1 aliphatic heterocycles. The second kappa shape index (κ2) is 6.08. The monoisotopic (exact) mass is 300 g/mol. The van der Waals surface area contributed by atoms with Crippen molar-refractivity contribution >= 4 is 40.1 Å². The molecular weight excluding hydrogens is 287 g/mol. The Morgan fingerprint density at radius 1 is 1.47 bits per heavy atom. The Kier molecular flexibility index (Phi) is 4.87. The second-order valence-electron chi connectivity index (χ2n) is 4.56. The molecule has 0 fully saturated rings. The number of fused-ring (bicyclic) bond motifs is 3. The molecule has 19 heavy (non-hydrogen) atoms. The second-order valence-corrected chi connectivity index (χ2v) is 5.59. The molecule has 0 unspecified atom stereocenters. The van der Waals surface area contributed by atoms with Gasteiger partial charge >= 0.3 is 29.6 Å². The largest absolute Gasteiger partial charge is 1.00 e. The maximum absolute atomic E-state index is 9.49. The van der Waals surface area contributed by atoms with E-state index >= 15 is 0 Å². The SMILES string of the molecule is OC[C@@H]1Cc2c([nH]c3ccccc23)CN1C(=S)[S-].[Na+]. The first kappa shape index (κ1) is 15.2. The van der Waals surface area contributed by atoms with Gasteiger partial charge in [0.15, 0.2) is 0 Å². The van der Waals surface area contributed by atoms with E-state index < -0.39 is 0 Å². The van der Waals surface area contributed by atoms with Gasteiger partial charge < -0.3 is 39.8 Å². The minimum atomic E-state index is 0. The number of thiocarbonyl (C=S) groups is 1. The van der Waals surface area contributed by atoms with Gasteiger partial charge in [-0.1, -0.05) is 22.5 Å². The molecule has 0 radical (unpaired) electrons. The van der Waals surface area contributed by atoms with Crippen molar-refractivity contribution in [2.45, 2.75) is 19.0 Å². The number of para-hydroxylation sites is 1. The van der Waals surface area contributed by atoms with Crippen molar-refractivity contribution in [2.75, 3.05) is 6.61 Å². The molecule has 0 aliphatic carbocycles. The number of aliphatic hydroxyl groups is 1. The number of H-pyrrole nitrogens is 1. The topological polar surface area (TPSA) is 39.3 Å². The van der Waals surface area contributed by atoms with Crippen LogP contribution in [0, 0.1) is 0 Å². The van der Waals surface area contributed by atoms with Crippen LogP contribution in [0.5, 0.6) is 0 Å². The standard InChI is InChI=1S/C13H14N2OS2.Na/c16-7-8-5-10-9-3-1-2-4-11(9)14-12(10)6-15(8)13(17)18;/h1-4,8,14,16H,5-7H2,(H,17,18);/q;+1/p-1/t8-;/m0./s1. The Balaban J connectivity index is 0.00000133. The van der Waals surface area contributed by atoms with Crippen LogP contribution in [0.15, 0.2) is 24.3 Å². The van der Waals surface area contributed by atoms with Crippen LogP contribution in [-0.2, 0) is 25.6 Å². The van der Waals surface area contributed by atoms with Crippen molar-refractivity contribution in [3.8, 4) is 0 Å². The predicted molar refractivity (Wildman–Crippen MR) is 78.4 cm³/mol. The summed E-state index contributed by atoms with van der Waals surface area (Å²) >= 11 is 10.2. The number of hydrogen-bond acceptors (Lipinski definition) is 3. The third-order valence-corrected chi connectivity index (χ3v) is 4.03. The molecule has 2 heterocycles. The number of nitrogens with one attached hydrogen (secondary N) is 1. The predicted octanol–water partition coefficient (Wildman–Crippen LogP) is -1.28.